The maximum atomic E-state index is 12.3. The van der Waals surface area contributed by atoms with Gasteiger partial charge < -0.3 is 9.84 Å². The number of nitrogens with one attached hydrogen (secondary N) is 1. The number of nitrogens with zero attached hydrogens (tertiary/aromatic N) is 5. The van der Waals surface area contributed by atoms with E-state index in [0.717, 1.165) is 44.6 Å². The standard InChI is InChI=1S/C19H26N6O2/c1-13(18(26)21-16-5-6-16)24-8-10-25(11-9-24)14(2)19-22-17(23-27-19)15-4-3-7-20-12-15/h3-4,7,12-14,16H,5-6,8-11H2,1-2H3,(H,21,26)/t13-,14+/m0/s1. The number of hydrogen-bond donors (Lipinski definition) is 1. The first-order valence-electron chi connectivity index (χ1n) is 9.64. The molecule has 4 rings (SSSR count). The van der Waals surface area contributed by atoms with E-state index in [1.54, 1.807) is 12.4 Å². The number of rotatable bonds is 6. The Labute approximate surface area is 158 Å². The number of piperazine rings is 1. The molecule has 2 atom stereocenters. The van der Waals surface area contributed by atoms with Crippen molar-refractivity contribution in [1.29, 1.82) is 0 Å². The Hall–Kier alpha value is -2.32. The van der Waals surface area contributed by atoms with E-state index in [1.165, 1.54) is 0 Å². The van der Waals surface area contributed by atoms with Gasteiger partial charge in [-0.25, -0.2) is 0 Å². The Balaban J connectivity index is 1.32. The molecule has 2 aromatic rings. The van der Waals surface area contributed by atoms with E-state index in [2.05, 4.69) is 37.2 Å². The van der Waals surface area contributed by atoms with Gasteiger partial charge in [0.1, 0.15) is 0 Å². The predicted octanol–water partition coefficient (Wildman–Crippen LogP) is 1.48. The molecule has 0 unspecified atom stereocenters. The van der Waals surface area contributed by atoms with Crippen LogP contribution in [0, 0.1) is 0 Å². The molecule has 1 N–H and O–H groups in total. The minimum atomic E-state index is -0.0800. The topological polar surface area (TPSA) is 87.4 Å². The lowest BCUT2D eigenvalue weighted by molar-refractivity contribution is -0.126. The minimum Gasteiger partial charge on any atom is -0.352 e. The Morgan fingerprint density at radius 3 is 2.63 bits per heavy atom. The van der Waals surface area contributed by atoms with Crippen LogP contribution in [0.1, 0.15) is 38.6 Å². The summed E-state index contributed by atoms with van der Waals surface area (Å²) in [6.45, 7) is 7.52. The Bertz CT molecular complexity index is 768. The normalized spacial score (nSPS) is 21.0. The van der Waals surface area contributed by atoms with E-state index < -0.39 is 0 Å². The van der Waals surface area contributed by atoms with Crippen molar-refractivity contribution in [3.8, 4) is 11.4 Å². The van der Waals surface area contributed by atoms with Crippen molar-refractivity contribution < 1.29 is 9.32 Å². The molecule has 2 aromatic heterocycles. The highest BCUT2D eigenvalue weighted by atomic mass is 16.5. The van der Waals surface area contributed by atoms with Gasteiger partial charge in [0.15, 0.2) is 0 Å². The van der Waals surface area contributed by atoms with Crippen molar-refractivity contribution in [1.82, 2.24) is 30.2 Å². The molecule has 0 aromatic carbocycles. The fraction of sp³-hybridized carbons (Fsp3) is 0.579. The third-order valence-corrected chi connectivity index (χ3v) is 5.47. The van der Waals surface area contributed by atoms with Crippen molar-refractivity contribution >= 4 is 5.91 Å². The molecule has 1 saturated heterocycles. The molecule has 0 radical (unpaired) electrons. The molecule has 1 saturated carbocycles. The van der Waals surface area contributed by atoms with E-state index in [-0.39, 0.29) is 18.0 Å². The molecule has 0 bridgehead atoms. The van der Waals surface area contributed by atoms with Crippen molar-refractivity contribution in [2.75, 3.05) is 26.2 Å². The van der Waals surface area contributed by atoms with Crippen LogP contribution in [0.15, 0.2) is 29.0 Å². The summed E-state index contributed by atoms with van der Waals surface area (Å²) in [6, 6.07) is 4.14. The molecule has 1 aliphatic carbocycles. The Kier molecular flexibility index (Phi) is 5.18. The van der Waals surface area contributed by atoms with Crippen LogP contribution < -0.4 is 5.32 Å². The van der Waals surface area contributed by atoms with E-state index in [9.17, 15) is 4.79 Å². The van der Waals surface area contributed by atoms with Gasteiger partial charge in [0.25, 0.3) is 0 Å². The van der Waals surface area contributed by atoms with Crippen LogP contribution in [0.25, 0.3) is 11.4 Å². The highest BCUT2D eigenvalue weighted by Crippen LogP contribution is 2.24. The molecule has 3 heterocycles. The summed E-state index contributed by atoms with van der Waals surface area (Å²) < 4.78 is 5.49. The van der Waals surface area contributed by atoms with Gasteiger partial charge in [-0.15, -0.1) is 0 Å². The number of aromatic nitrogens is 3. The number of amides is 1. The van der Waals surface area contributed by atoms with Gasteiger partial charge in [-0.2, -0.15) is 4.98 Å². The van der Waals surface area contributed by atoms with Gasteiger partial charge in [0.2, 0.25) is 17.6 Å². The zero-order valence-corrected chi connectivity index (χ0v) is 15.8. The van der Waals surface area contributed by atoms with Crippen molar-refractivity contribution in [3.05, 3.63) is 30.4 Å². The monoisotopic (exact) mass is 370 g/mol. The lowest BCUT2D eigenvalue weighted by Crippen LogP contribution is -2.54. The number of hydrogen-bond acceptors (Lipinski definition) is 7. The second kappa shape index (κ2) is 7.74. The lowest BCUT2D eigenvalue weighted by Gasteiger charge is -2.39. The Morgan fingerprint density at radius 1 is 1.22 bits per heavy atom. The van der Waals surface area contributed by atoms with Gasteiger partial charge in [-0.1, -0.05) is 5.16 Å². The van der Waals surface area contributed by atoms with Crippen LogP contribution in [0.2, 0.25) is 0 Å². The molecular formula is C19H26N6O2. The van der Waals surface area contributed by atoms with Crippen LogP contribution >= 0.6 is 0 Å². The van der Waals surface area contributed by atoms with Crippen LogP contribution in [0.3, 0.4) is 0 Å². The molecule has 144 valence electrons. The number of pyridine rings is 1. The van der Waals surface area contributed by atoms with E-state index in [1.807, 2.05) is 19.1 Å². The summed E-state index contributed by atoms with van der Waals surface area (Å²) in [5.41, 5.74) is 0.847. The smallest absolute Gasteiger partial charge is 0.244 e. The largest absolute Gasteiger partial charge is 0.352 e. The highest BCUT2D eigenvalue weighted by molar-refractivity contribution is 5.81. The fourth-order valence-electron chi connectivity index (χ4n) is 3.40. The summed E-state index contributed by atoms with van der Waals surface area (Å²) in [7, 11) is 0. The summed E-state index contributed by atoms with van der Waals surface area (Å²) in [5.74, 6) is 1.33. The van der Waals surface area contributed by atoms with Crippen LogP contribution in [-0.2, 0) is 4.79 Å². The van der Waals surface area contributed by atoms with Crippen molar-refractivity contribution in [2.45, 2.75) is 44.8 Å². The van der Waals surface area contributed by atoms with Gasteiger partial charge in [0.05, 0.1) is 12.1 Å². The average Bonchev–Trinajstić information content (AvgIpc) is 3.39. The van der Waals surface area contributed by atoms with Crippen LogP contribution in [0.5, 0.6) is 0 Å². The molecule has 27 heavy (non-hydrogen) atoms. The molecule has 2 fully saturated rings. The van der Waals surface area contributed by atoms with Crippen LogP contribution in [0.4, 0.5) is 0 Å². The van der Waals surface area contributed by atoms with E-state index in [0.29, 0.717) is 17.8 Å². The van der Waals surface area contributed by atoms with E-state index in [4.69, 9.17) is 4.52 Å². The van der Waals surface area contributed by atoms with Gasteiger partial charge >= 0.3 is 0 Å². The molecule has 1 amide bonds. The zero-order valence-electron chi connectivity index (χ0n) is 15.8. The van der Waals surface area contributed by atoms with Gasteiger partial charge in [-0.3, -0.25) is 19.6 Å². The average molecular weight is 370 g/mol. The third kappa shape index (κ3) is 4.17. The molecule has 0 spiro atoms. The molecule has 8 nitrogen and oxygen atoms in total. The quantitative estimate of drug-likeness (QED) is 0.824. The van der Waals surface area contributed by atoms with E-state index >= 15 is 0 Å². The first-order valence-corrected chi connectivity index (χ1v) is 9.64. The number of carbonyl (C=O) groups excluding carboxylic acids is 1. The van der Waals surface area contributed by atoms with Gasteiger partial charge in [0, 0.05) is 50.2 Å². The second-order valence-corrected chi connectivity index (χ2v) is 7.40. The first-order chi connectivity index (χ1) is 13.1. The first kappa shape index (κ1) is 18.1. The molecular weight excluding hydrogens is 344 g/mol. The van der Waals surface area contributed by atoms with Crippen LogP contribution in [-0.4, -0.2) is 69.1 Å². The third-order valence-electron chi connectivity index (χ3n) is 5.47. The van der Waals surface area contributed by atoms with Crippen molar-refractivity contribution in [3.63, 3.8) is 0 Å². The summed E-state index contributed by atoms with van der Waals surface area (Å²) in [5, 5.41) is 7.18. The molecule has 1 aliphatic heterocycles. The van der Waals surface area contributed by atoms with Crippen molar-refractivity contribution in [2.24, 2.45) is 0 Å². The second-order valence-electron chi connectivity index (χ2n) is 7.40. The molecule has 8 heteroatoms. The SMILES string of the molecule is C[C@H](c1nc(-c2cccnc2)no1)N1CCN([C@@H](C)C(=O)NC2CC2)CC1. The van der Waals surface area contributed by atoms with Gasteiger partial charge in [-0.05, 0) is 38.8 Å². The lowest BCUT2D eigenvalue weighted by atomic mass is 10.1. The summed E-state index contributed by atoms with van der Waals surface area (Å²) in [6.07, 6.45) is 5.69. The minimum absolute atomic E-state index is 0.0423. The Morgan fingerprint density at radius 2 is 1.96 bits per heavy atom. The predicted molar refractivity (Wildman–Crippen MR) is 99.7 cm³/mol. The maximum absolute atomic E-state index is 12.3. The highest BCUT2D eigenvalue weighted by Gasteiger charge is 2.32. The maximum Gasteiger partial charge on any atom is 0.244 e. The molecule has 2 aliphatic rings. The summed E-state index contributed by atoms with van der Waals surface area (Å²) in [4.78, 5) is 25.5. The zero-order chi connectivity index (χ0) is 18.8. The summed E-state index contributed by atoms with van der Waals surface area (Å²) >= 11 is 0. The fourth-order valence-corrected chi connectivity index (χ4v) is 3.40. The number of carbonyl (C=O) groups is 1.